The van der Waals surface area contributed by atoms with Gasteiger partial charge in [-0.1, -0.05) is 19.9 Å². The molecule has 1 aromatic carbocycles. The molecule has 4 atom stereocenters. The third kappa shape index (κ3) is 1.87. The standard InChI is InChI=1S/C26H29N3O4/c1-22(2)10-8-14-16(33-22)7-6-15-18(14)27-20(31)25(15)13-26-17(23(25,3)4)12-24(19(30)28-26)9-5-11-29(24)21(26)32/h6-8,10,17H,5,9,11-13H2,1-4H3,(H,27,31)(H,28,30)/t17-,24-,25+,26-/m0/s1/i19+1. The van der Waals surface area contributed by atoms with Crippen molar-refractivity contribution in [1.82, 2.24) is 10.2 Å². The van der Waals surface area contributed by atoms with Gasteiger partial charge in [0.2, 0.25) is 17.7 Å². The molecule has 8 rings (SSSR count). The Morgan fingerprint density at radius 2 is 1.88 bits per heavy atom. The summed E-state index contributed by atoms with van der Waals surface area (Å²) in [6.45, 7) is 8.86. The van der Waals surface area contributed by atoms with Crippen LogP contribution in [0.3, 0.4) is 0 Å². The van der Waals surface area contributed by atoms with E-state index in [2.05, 4.69) is 24.5 Å². The fourth-order valence-electron chi connectivity index (χ4n) is 8.24. The number of anilines is 1. The number of fused-ring (bicyclic) bond motifs is 5. The zero-order chi connectivity index (χ0) is 23.2. The second-order valence-electron chi connectivity index (χ2n) is 12.0. The number of piperazine rings is 1. The van der Waals surface area contributed by atoms with Crippen molar-refractivity contribution in [3.8, 4) is 5.75 Å². The molecule has 172 valence electrons. The number of nitrogens with one attached hydrogen (secondary N) is 2. The van der Waals surface area contributed by atoms with Crippen molar-refractivity contribution in [2.75, 3.05) is 11.9 Å². The Bertz CT molecular complexity index is 1230. The normalized spacial score (nSPS) is 40.2. The number of benzene rings is 1. The number of nitrogens with zero attached hydrogens (tertiary/aromatic N) is 1. The van der Waals surface area contributed by atoms with Gasteiger partial charge in [0.25, 0.3) is 0 Å². The highest BCUT2D eigenvalue weighted by molar-refractivity contribution is 6.12. The average molecular weight is 449 g/mol. The van der Waals surface area contributed by atoms with Crippen LogP contribution in [0.25, 0.3) is 6.08 Å². The Morgan fingerprint density at radius 3 is 2.67 bits per heavy atom. The predicted molar refractivity (Wildman–Crippen MR) is 122 cm³/mol. The van der Waals surface area contributed by atoms with Gasteiger partial charge in [-0.3, -0.25) is 14.4 Å². The summed E-state index contributed by atoms with van der Waals surface area (Å²) in [5, 5.41) is 6.36. The first-order valence-corrected chi connectivity index (χ1v) is 12.0. The Hall–Kier alpha value is -2.83. The molecule has 2 bridgehead atoms. The van der Waals surface area contributed by atoms with Crippen LogP contribution in [0.15, 0.2) is 18.2 Å². The van der Waals surface area contributed by atoms with Crippen molar-refractivity contribution in [2.24, 2.45) is 11.3 Å². The summed E-state index contributed by atoms with van der Waals surface area (Å²) in [6, 6.07) is 3.95. The molecule has 7 aliphatic rings. The van der Waals surface area contributed by atoms with Gasteiger partial charge in [0, 0.05) is 18.0 Å². The summed E-state index contributed by atoms with van der Waals surface area (Å²) in [7, 11) is 0. The highest BCUT2D eigenvalue weighted by Gasteiger charge is 2.80. The molecule has 2 N–H and O–H groups in total. The number of rotatable bonds is 0. The molecule has 0 radical (unpaired) electrons. The minimum Gasteiger partial charge on any atom is -0.483 e. The first-order chi connectivity index (χ1) is 15.5. The van der Waals surface area contributed by atoms with E-state index in [0.29, 0.717) is 25.8 Å². The van der Waals surface area contributed by atoms with Crippen LogP contribution >= 0.6 is 0 Å². The zero-order valence-corrected chi connectivity index (χ0v) is 19.5. The van der Waals surface area contributed by atoms with Gasteiger partial charge in [-0.2, -0.15) is 0 Å². The molecule has 7 heteroatoms. The molecule has 1 saturated carbocycles. The second kappa shape index (κ2) is 5.29. The minimum atomic E-state index is -1.03. The number of carbonyl (C=O) groups excluding carboxylic acids is 3. The Morgan fingerprint density at radius 1 is 1.09 bits per heavy atom. The van der Waals surface area contributed by atoms with E-state index in [-0.39, 0.29) is 23.6 Å². The summed E-state index contributed by atoms with van der Waals surface area (Å²) in [6.07, 6.45) is 6.51. The Labute approximate surface area is 192 Å². The SMILES string of the molecule is CC1(C)C=Cc2c(ccc3c2NC(=O)[C@@]32C[C@@]34N[13C](=O)[C@]5(CCCN5C3=O)C[C@H]4C2(C)C)O1. The van der Waals surface area contributed by atoms with Crippen molar-refractivity contribution in [3.63, 3.8) is 0 Å². The minimum absolute atomic E-state index is 0.00462. The van der Waals surface area contributed by atoms with Gasteiger partial charge in [0.1, 0.15) is 22.4 Å². The van der Waals surface area contributed by atoms with Gasteiger partial charge >= 0.3 is 0 Å². The maximum atomic E-state index is 13.9. The molecule has 3 amide bonds. The third-order valence-corrected chi connectivity index (χ3v) is 9.84. The molecular formula is C26H29N3O4. The van der Waals surface area contributed by atoms with Gasteiger partial charge in [-0.15, -0.1) is 0 Å². The summed E-state index contributed by atoms with van der Waals surface area (Å²) in [5.74, 6) is 0.523. The van der Waals surface area contributed by atoms with Crippen LogP contribution in [0.4, 0.5) is 5.69 Å². The number of piperidine rings is 2. The van der Waals surface area contributed by atoms with E-state index in [0.717, 1.165) is 29.0 Å². The number of amides is 3. The largest absolute Gasteiger partial charge is 0.483 e. The lowest BCUT2D eigenvalue weighted by Crippen LogP contribution is -2.81. The molecule has 4 saturated heterocycles. The number of hydrogen-bond donors (Lipinski definition) is 2. The highest BCUT2D eigenvalue weighted by Crippen LogP contribution is 2.70. The predicted octanol–water partition coefficient (Wildman–Crippen LogP) is 2.74. The highest BCUT2D eigenvalue weighted by atomic mass is 16.5. The van der Waals surface area contributed by atoms with Crippen molar-refractivity contribution in [3.05, 3.63) is 29.3 Å². The van der Waals surface area contributed by atoms with Gasteiger partial charge in [0.05, 0.1) is 11.1 Å². The summed E-state index contributed by atoms with van der Waals surface area (Å²) < 4.78 is 6.15. The number of ether oxygens (including phenoxy) is 1. The van der Waals surface area contributed by atoms with E-state index >= 15 is 0 Å². The first kappa shape index (κ1) is 19.6. The molecule has 7 nitrogen and oxygen atoms in total. The average Bonchev–Trinajstić information content (AvgIpc) is 3.35. The van der Waals surface area contributed by atoms with Crippen molar-refractivity contribution in [1.29, 1.82) is 0 Å². The number of carbonyl (C=O) groups is 3. The third-order valence-electron chi connectivity index (χ3n) is 9.84. The lowest BCUT2D eigenvalue weighted by molar-refractivity contribution is -0.175. The topological polar surface area (TPSA) is 87.7 Å². The van der Waals surface area contributed by atoms with E-state index in [1.165, 1.54) is 0 Å². The smallest absolute Gasteiger partial charge is 0.249 e. The Balaban J connectivity index is 1.43. The van der Waals surface area contributed by atoms with E-state index in [9.17, 15) is 14.4 Å². The lowest BCUT2D eigenvalue weighted by atomic mass is 9.58. The van der Waals surface area contributed by atoms with Crippen molar-refractivity contribution < 1.29 is 19.1 Å². The molecular weight excluding hydrogens is 419 g/mol. The molecule has 1 aliphatic carbocycles. The quantitative estimate of drug-likeness (QED) is 0.598. The molecule has 6 aliphatic heterocycles. The van der Waals surface area contributed by atoms with Crippen molar-refractivity contribution >= 4 is 29.5 Å². The van der Waals surface area contributed by atoms with Crippen LogP contribution in [0.2, 0.25) is 0 Å². The monoisotopic (exact) mass is 448 g/mol. The van der Waals surface area contributed by atoms with Crippen LogP contribution < -0.4 is 15.4 Å². The van der Waals surface area contributed by atoms with Gasteiger partial charge in [-0.25, -0.2) is 0 Å². The van der Waals surface area contributed by atoms with Gasteiger partial charge in [0.15, 0.2) is 0 Å². The van der Waals surface area contributed by atoms with Gasteiger partial charge in [-0.05, 0) is 68.7 Å². The fraction of sp³-hybridized carbons (Fsp3) is 0.577. The Kier molecular flexibility index (Phi) is 3.14. The fourth-order valence-corrected chi connectivity index (χ4v) is 8.24. The number of hydrogen-bond acceptors (Lipinski definition) is 4. The van der Waals surface area contributed by atoms with E-state index in [4.69, 9.17) is 4.74 Å². The summed E-state index contributed by atoms with van der Waals surface area (Å²) >= 11 is 0. The van der Waals surface area contributed by atoms with Crippen LogP contribution in [0.1, 0.15) is 64.5 Å². The molecule has 6 heterocycles. The van der Waals surface area contributed by atoms with Crippen LogP contribution in [0, 0.1) is 11.3 Å². The van der Waals surface area contributed by atoms with E-state index in [1.54, 1.807) is 0 Å². The maximum Gasteiger partial charge on any atom is 0.249 e. The van der Waals surface area contributed by atoms with E-state index < -0.39 is 27.5 Å². The maximum absolute atomic E-state index is 13.9. The lowest BCUT2D eigenvalue weighted by Gasteiger charge is -2.59. The first-order valence-electron chi connectivity index (χ1n) is 12.0. The molecule has 5 fully saturated rings. The second-order valence-corrected chi connectivity index (χ2v) is 12.0. The zero-order valence-electron chi connectivity index (χ0n) is 19.5. The molecule has 33 heavy (non-hydrogen) atoms. The molecule has 0 unspecified atom stereocenters. The van der Waals surface area contributed by atoms with Crippen molar-refractivity contribution in [2.45, 2.75) is 75.5 Å². The van der Waals surface area contributed by atoms with Crippen LogP contribution in [-0.4, -0.2) is 45.8 Å². The summed E-state index contributed by atoms with van der Waals surface area (Å²) in [5.41, 5.74) is -1.06. The van der Waals surface area contributed by atoms with Crippen LogP contribution in [-0.2, 0) is 19.8 Å². The van der Waals surface area contributed by atoms with Gasteiger partial charge < -0.3 is 20.3 Å². The molecule has 0 aromatic heterocycles. The summed E-state index contributed by atoms with van der Waals surface area (Å²) in [4.78, 5) is 43.0. The molecule has 1 aromatic rings. The molecule has 3 spiro atoms. The van der Waals surface area contributed by atoms with E-state index in [1.807, 2.05) is 43.0 Å². The van der Waals surface area contributed by atoms with Crippen LogP contribution in [0.5, 0.6) is 5.75 Å².